The summed E-state index contributed by atoms with van der Waals surface area (Å²) in [6.07, 6.45) is 0. The number of nitrogens with zero attached hydrogens (tertiary/aromatic N) is 1. The molecule has 0 fully saturated rings. The Morgan fingerprint density at radius 1 is 1.45 bits per heavy atom. The molecule has 2 heterocycles. The third kappa shape index (κ3) is 0.861. The number of hydrogen-bond donors (Lipinski definition) is 0. The molecule has 0 aliphatic carbocycles. The van der Waals surface area contributed by atoms with Gasteiger partial charge in [-0.15, -0.1) is 0 Å². The summed E-state index contributed by atoms with van der Waals surface area (Å²) in [4.78, 5) is 2.39. The molecular weight excluding hydrogens is 154 g/mol. The van der Waals surface area contributed by atoms with E-state index in [4.69, 9.17) is 0 Å². The Hall–Kier alpha value is -0.340. The summed E-state index contributed by atoms with van der Waals surface area (Å²) in [5.74, 6) is 0. The Morgan fingerprint density at radius 3 is 2.82 bits per heavy atom. The van der Waals surface area contributed by atoms with Gasteiger partial charge >= 0.3 is 0 Å². The zero-order valence-electron chi connectivity index (χ0n) is 7.22. The molecule has 1 aliphatic heterocycles. The Bertz CT molecular complexity index is 275. The van der Waals surface area contributed by atoms with Crippen LogP contribution >= 0.6 is 11.3 Å². The van der Waals surface area contributed by atoms with Crippen molar-refractivity contribution in [3.63, 3.8) is 0 Å². The van der Waals surface area contributed by atoms with E-state index in [2.05, 4.69) is 36.6 Å². The van der Waals surface area contributed by atoms with Crippen molar-refractivity contribution in [2.45, 2.75) is 25.9 Å². The highest BCUT2D eigenvalue weighted by Gasteiger charge is 2.34. The number of thiophene rings is 1. The third-order valence-corrected chi connectivity index (χ3v) is 3.56. The van der Waals surface area contributed by atoms with Gasteiger partial charge in [-0.1, -0.05) is 0 Å². The zero-order chi connectivity index (χ0) is 8.06. The van der Waals surface area contributed by atoms with Crippen LogP contribution in [0.15, 0.2) is 10.8 Å². The van der Waals surface area contributed by atoms with Crippen LogP contribution in [0.5, 0.6) is 0 Å². The van der Waals surface area contributed by atoms with Crippen LogP contribution in [0.3, 0.4) is 0 Å². The van der Waals surface area contributed by atoms with Crippen LogP contribution in [0.1, 0.15) is 25.0 Å². The largest absolute Gasteiger partial charge is 0.293 e. The van der Waals surface area contributed by atoms with Gasteiger partial charge in [0.25, 0.3) is 0 Å². The number of fused-ring (bicyclic) bond motifs is 1. The molecule has 0 bridgehead atoms. The zero-order valence-corrected chi connectivity index (χ0v) is 8.03. The summed E-state index contributed by atoms with van der Waals surface area (Å²) in [6, 6.07) is 0. The van der Waals surface area contributed by atoms with Gasteiger partial charge in [-0.05, 0) is 42.8 Å². The predicted molar refractivity (Wildman–Crippen MR) is 48.8 cm³/mol. The van der Waals surface area contributed by atoms with Crippen molar-refractivity contribution < 1.29 is 0 Å². The van der Waals surface area contributed by atoms with Gasteiger partial charge in [0.05, 0.1) is 0 Å². The smallest absolute Gasteiger partial charge is 0.0416 e. The second kappa shape index (κ2) is 2.08. The van der Waals surface area contributed by atoms with Crippen LogP contribution < -0.4 is 0 Å². The summed E-state index contributed by atoms with van der Waals surface area (Å²) < 4.78 is 0. The van der Waals surface area contributed by atoms with Gasteiger partial charge in [-0.2, -0.15) is 11.3 Å². The molecule has 2 heteroatoms. The summed E-state index contributed by atoms with van der Waals surface area (Å²) in [6.45, 7) is 5.68. The van der Waals surface area contributed by atoms with Gasteiger partial charge in [0, 0.05) is 12.1 Å². The van der Waals surface area contributed by atoms with E-state index in [0.29, 0.717) is 0 Å². The van der Waals surface area contributed by atoms with Gasteiger partial charge in [0.15, 0.2) is 0 Å². The topological polar surface area (TPSA) is 3.24 Å². The molecule has 0 saturated carbocycles. The highest BCUT2D eigenvalue weighted by Crippen LogP contribution is 2.39. The Balaban J connectivity index is 2.52. The monoisotopic (exact) mass is 167 g/mol. The summed E-state index contributed by atoms with van der Waals surface area (Å²) in [5, 5.41) is 4.54. The fraction of sp³-hybridized carbons (Fsp3) is 0.556. The molecule has 11 heavy (non-hydrogen) atoms. The highest BCUT2D eigenvalue weighted by molar-refractivity contribution is 7.08. The standard InChI is InChI=1S/C9H13NS/c1-9(2)8-6-11-5-7(8)4-10(9)3/h5-6H,4H2,1-3H3. The third-order valence-electron chi connectivity index (χ3n) is 2.76. The molecule has 1 aliphatic rings. The SMILES string of the molecule is CN1Cc2cscc2C1(C)C. The first-order chi connectivity index (χ1) is 5.12. The number of hydrogen-bond acceptors (Lipinski definition) is 2. The van der Waals surface area contributed by atoms with Crippen molar-refractivity contribution in [1.29, 1.82) is 0 Å². The minimum absolute atomic E-state index is 0.259. The van der Waals surface area contributed by atoms with E-state index in [1.54, 1.807) is 0 Å². The minimum atomic E-state index is 0.259. The average molecular weight is 167 g/mol. The van der Waals surface area contributed by atoms with Crippen LogP contribution in [0.2, 0.25) is 0 Å². The highest BCUT2D eigenvalue weighted by atomic mass is 32.1. The Kier molecular flexibility index (Phi) is 1.38. The molecular formula is C9H13NS. The molecule has 0 spiro atoms. The minimum Gasteiger partial charge on any atom is -0.293 e. The molecule has 1 aromatic heterocycles. The van der Waals surface area contributed by atoms with E-state index in [1.807, 2.05) is 11.3 Å². The quantitative estimate of drug-likeness (QED) is 0.573. The lowest BCUT2D eigenvalue weighted by Crippen LogP contribution is -2.31. The van der Waals surface area contributed by atoms with Crippen LogP contribution in [0.25, 0.3) is 0 Å². The molecule has 1 aromatic rings. The molecule has 2 rings (SSSR count). The lowest BCUT2D eigenvalue weighted by atomic mass is 9.98. The van der Waals surface area contributed by atoms with Gasteiger partial charge in [0.2, 0.25) is 0 Å². The van der Waals surface area contributed by atoms with Crippen LogP contribution in [-0.2, 0) is 12.1 Å². The summed E-state index contributed by atoms with van der Waals surface area (Å²) in [5.41, 5.74) is 3.29. The van der Waals surface area contributed by atoms with Gasteiger partial charge in [-0.25, -0.2) is 0 Å². The molecule has 60 valence electrons. The summed E-state index contributed by atoms with van der Waals surface area (Å²) in [7, 11) is 2.19. The average Bonchev–Trinajstić information content (AvgIpc) is 2.41. The van der Waals surface area contributed by atoms with E-state index in [9.17, 15) is 0 Å². The maximum absolute atomic E-state index is 2.39. The molecule has 0 saturated heterocycles. The maximum Gasteiger partial charge on any atom is 0.0416 e. The predicted octanol–water partition coefficient (Wildman–Crippen LogP) is 2.43. The first kappa shape index (κ1) is 7.32. The van der Waals surface area contributed by atoms with E-state index >= 15 is 0 Å². The molecule has 0 unspecified atom stereocenters. The van der Waals surface area contributed by atoms with E-state index < -0.39 is 0 Å². The van der Waals surface area contributed by atoms with Crippen molar-refractivity contribution >= 4 is 11.3 Å². The molecule has 0 atom stereocenters. The Labute approximate surface area is 71.7 Å². The van der Waals surface area contributed by atoms with Crippen LogP contribution in [-0.4, -0.2) is 11.9 Å². The van der Waals surface area contributed by atoms with Crippen LogP contribution in [0, 0.1) is 0 Å². The maximum atomic E-state index is 2.39. The van der Waals surface area contributed by atoms with E-state index in [0.717, 1.165) is 6.54 Å². The van der Waals surface area contributed by atoms with E-state index in [-0.39, 0.29) is 5.54 Å². The molecule has 0 radical (unpaired) electrons. The number of rotatable bonds is 0. The van der Waals surface area contributed by atoms with Crippen molar-refractivity contribution in [2.24, 2.45) is 0 Å². The fourth-order valence-corrected chi connectivity index (χ4v) is 2.65. The molecule has 0 N–H and O–H groups in total. The molecule has 1 nitrogen and oxygen atoms in total. The van der Waals surface area contributed by atoms with Gasteiger partial charge in [0.1, 0.15) is 0 Å². The first-order valence-corrected chi connectivity index (χ1v) is 4.83. The second-order valence-electron chi connectivity index (χ2n) is 3.73. The van der Waals surface area contributed by atoms with Gasteiger partial charge < -0.3 is 0 Å². The molecule has 0 aromatic carbocycles. The summed E-state index contributed by atoms with van der Waals surface area (Å²) >= 11 is 1.82. The molecule has 0 amide bonds. The Morgan fingerprint density at radius 2 is 2.18 bits per heavy atom. The van der Waals surface area contributed by atoms with Crippen molar-refractivity contribution in [1.82, 2.24) is 4.90 Å². The van der Waals surface area contributed by atoms with Crippen molar-refractivity contribution in [3.8, 4) is 0 Å². The van der Waals surface area contributed by atoms with Crippen molar-refractivity contribution in [3.05, 3.63) is 21.9 Å². The van der Waals surface area contributed by atoms with Crippen LogP contribution in [0.4, 0.5) is 0 Å². The van der Waals surface area contributed by atoms with Crippen molar-refractivity contribution in [2.75, 3.05) is 7.05 Å². The second-order valence-corrected chi connectivity index (χ2v) is 4.47. The van der Waals surface area contributed by atoms with Gasteiger partial charge in [-0.3, -0.25) is 4.90 Å². The normalized spacial score (nSPS) is 22.1. The van der Waals surface area contributed by atoms with E-state index in [1.165, 1.54) is 11.1 Å². The lowest BCUT2D eigenvalue weighted by molar-refractivity contribution is 0.178. The fourth-order valence-electron chi connectivity index (χ4n) is 1.64. The first-order valence-electron chi connectivity index (χ1n) is 3.89. The lowest BCUT2D eigenvalue weighted by Gasteiger charge is -2.28.